The van der Waals surface area contributed by atoms with Crippen molar-refractivity contribution in [3.8, 4) is 5.75 Å². The van der Waals surface area contributed by atoms with Crippen molar-refractivity contribution >= 4 is 50.5 Å². The summed E-state index contributed by atoms with van der Waals surface area (Å²) in [6.07, 6.45) is 3.50. The number of anilines is 5. The second-order valence-corrected chi connectivity index (χ2v) is 10.7. The number of hydrogen-bond acceptors (Lipinski definition) is 8. The van der Waals surface area contributed by atoms with Gasteiger partial charge in [-0.1, -0.05) is 36.7 Å². The predicted molar refractivity (Wildman–Crippen MR) is 147 cm³/mol. The topological polar surface area (TPSA) is 108 Å². The van der Waals surface area contributed by atoms with Crippen molar-refractivity contribution in [3.05, 3.63) is 59.8 Å². The molecule has 3 N–H and O–H groups in total. The van der Waals surface area contributed by atoms with Gasteiger partial charge in [-0.3, -0.25) is 4.72 Å². The average Bonchev–Trinajstić information content (AvgIpc) is 2.81. The van der Waals surface area contributed by atoms with Crippen LogP contribution in [-0.2, 0) is 10.0 Å². The Labute approximate surface area is 218 Å². The Kier molecular flexibility index (Phi) is 9.74. The summed E-state index contributed by atoms with van der Waals surface area (Å²) >= 11 is 6.31. The number of benzene rings is 2. The molecule has 2 aromatic carbocycles. The highest BCUT2D eigenvalue weighted by Crippen LogP contribution is 2.30. The number of halogens is 1. The smallest absolute Gasteiger partial charge is 0.229 e. The number of para-hydroxylation sites is 2. The Morgan fingerprint density at radius 2 is 1.83 bits per heavy atom. The lowest BCUT2D eigenvalue weighted by molar-refractivity contribution is 0.207. The molecule has 0 atom stereocenters. The minimum Gasteiger partial charge on any atom is -0.493 e. The maximum atomic E-state index is 11.7. The monoisotopic (exact) mass is 532 g/mol. The number of hydrogen-bond donors (Lipinski definition) is 3. The molecule has 3 aromatic rings. The van der Waals surface area contributed by atoms with E-state index in [-0.39, 0.29) is 5.02 Å². The number of nitrogens with one attached hydrogen (secondary N) is 3. The van der Waals surface area contributed by atoms with Crippen LogP contribution in [0.5, 0.6) is 5.75 Å². The molecular formula is C25H33ClN6O3S. The maximum Gasteiger partial charge on any atom is 0.229 e. The summed E-state index contributed by atoms with van der Waals surface area (Å²) in [7, 11) is -3.46. The molecule has 3 rings (SSSR count). The van der Waals surface area contributed by atoms with Gasteiger partial charge in [-0.05, 0) is 51.1 Å². The number of rotatable bonds is 13. The lowest BCUT2D eigenvalue weighted by Crippen LogP contribution is -2.32. The van der Waals surface area contributed by atoms with Crippen LogP contribution in [0.3, 0.4) is 0 Å². The largest absolute Gasteiger partial charge is 0.493 e. The van der Waals surface area contributed by atoms with Gasteiger partial charge in [0.1, 0.15) is 10.8 Å². The van der Waals surface area contributed by atoms with Gasteiger partial charge in [0, 0.05) is 24.3 Å². The van der Waals surface area contributed by atoms with E-state index in [1.54, 1.807) is 24.3 Å². The fraction of sp³-hybridized carbons (Fsp3) is 0.360. The molecule has 0 aliphatic heterocycles. The molecule has 0 aliphatic carbocycles. The molecule has 0 saturated heterocycles. The summed E-state index contributed by atoms with van der Waals surface area (Å²) in [4.78, 5) is 11.1. The van der Waals surface area contributed by atoms with E-state index in [2.05, 4.69) is 51.0 Å². The Balaban J connectivity index is 1.66. The highest BCUT2D eigenvalue weighted by Gasteiger charge is 2.12. The molecule has 0 bridgehead atoms. The molecule has 0 unspecified atom stereocenters. The molecule has 0 saturated carbocycles. The Bertz CT molecular complexity index is 1260. The van der Waals surface area contributed by atoms with Gasteiger partial charge >= 0.3 is 0 Å². The summed E-state index contributed by atoms with van der Waals surface area (Å²) < 4.78 is 31.8. The first-order valence-electron chi connectivity index (χ1n) is 11.7. The van der Waals surface area contributed by atoms with Crippen LogP contribution in [0.15, 0.2) is 54.7 Å². The van der Waals surface area contributed by atoms with Crippen molar-refractivity contribution in [1.82, 2.24) is 14.9 Å². The molecule has 1 aromatic heterocycles. The van der Waals surface area contributed by atoms with Crippen molar-refractivity contribution in [1.29, 1.82) is 0 Å². The zero-order chi connectivity index (χ0) is 26.1. The summed E-state index contributed by atoms with van der Waals surface area (Å²) in [5, 5.41) is 6.53. The van der Waals surface area contributed by atoms with Crippen LogP contribution in [0.2, 0.25) is 5.02 Å². The maximum absolute atomic E-state index is 11.7. The summed E-state index contributed by atoms with van der Waals surface area (Å²) in [5.74, 6) is 1.40. The van der Waals surface area contributed by atoms with E-state index in [1.165, 1.54) is 6.20 Å². The van der Waals surface area contributed by atoms with E-state index in [4.69, 9.17) is 16.3 Å². The van der Waals surface area contributed by atoms with Gasteiger partial charge in [-0.2, -0.15) is 4.98 Å². The lowest BCUT2D eigenvalue weighted by Gasteiger charge is -2.24. The molecule has 0 amide bonds. The van der Waals surface area contributed by atoms with Crippen molar-refractivity contribution in [2.75, 3.05) is 41.3 Å². The number of nitrogens with zero attached hydrogens (tertiary/aromatic N) is 3. The molecule has 0 fully saturated rings. The third-order valence-corrected chi connectivity index (χ3v) is 6.17. The quantitative estimate of drug-likeness (QED) is 0.248. The van der Waals surface area contributed by atoms with E-state index in [1.807, 2.05) is 24.3 Å². The molecule has 194 valence electrons. The number of aromatic nitrogens is 2. The number of sulfonamides is 1. The molecule has 0 spiro atoms. The standard InChI is InChI=1S/C25H33ClN6O3S/c1-5-32(18(2)3)14-9-15-35-20-11-8-10-19(16-20)28-25-27-17-21(26)24(30-25)29-22-12-6-7-13-23(22)31-36(4,33)34/h6-8,10-13,16-18,31H,5,9,14-15H2,1-4H3,(H2,27,28,29,30). The fourth-order valence-electron chi connectivity index (χ4n) is 3.56. The van der Waals surface area contributed by atoms with E-state index < -0.39 is 10.0 Å². The van der Waals surface area contributed by atoms with Gasteiger partial charge in [-0.15, -0.1) is 0 Å². The van der Waals surface area contributed by atoms with Crippen LogP contribution < -0.4 is 20.1 Å². The first-order chi connectivity index (χ1) is 17.1. The van der Waals surface area contributed by atoms with Crippen LogP contribution in [0.25, 0.3) is 0 Å². The minimum atomic E-state index is -3.46. The van der Waals surface area contributed by atoms with Crippen molar-refractivity contribution < 1.29 is 13.2 Å². The van der Waals surface area contributed by atoms with Gasteiger partial charge in [-0.25, -0.2) is 13.4 Å². The van der Waals surface area contributed by atoms with Crippen molar-refractivity contribution in [3.63, 3.8) is 0 Å². The molecule has 0 radical (unpaired) electrons. The van der Waals surface area contributed by atoms with E-state index >= 15 is 0 Å². The van der Waals surface area contributed by atoms with E-state index in [0.717, 1.165) is 37.2 Å². The van der Waals surface area contributed by atoms with Crippen molar-refractivity contribution in [2.45, 2.75) is 33.2 Å². The molecule has 0 aliphatic rings. The normalized spacial score (nSPS) is 11.5. The lowest BCUT2D eigenvalue weighted by atomic mass is 10.2. The van der Waals surface area contributed by atoms with Gasteiger partial charge in [0.2, 0.25) is 16.0 Å². The zero-order valence-electron chi connectivity index (χ0n) is 21.0. The third-order valence-electron chi connectivity index (χ3n) is 5.30. The summed E-state index contributed by atoms with van der Waals surface area (Å²) in [6.45, 7) is 9.20. The molecule has 36 heavy (non-hydrogen) atoms. The second kappa shape index (κ2) is 12.8. The van der Waals surface area contributed by atoms with Crippen LogP contribution in [0.1, 0.15) is 27.2 Å². The van der Waals surface area contributed by atoms with Gasteiger partial charge < -0.3 is 20.3 Å². The molecular weight excluding hydrogens is 500 g/mol. The average molecular weight is 533 g/mol. The fourth-order valence-corrected chi connectivity index (χ4v) is 4.27. The highest BCUT2D eigenvalue weighted by molar-refractivity contribution is 7.92. The first kappa shape index (κ1) is 27.5. The van der Waals surface area contributed by atoms with Gasteiger partial charge in [0.15, 0.2) is 5.82 Å². The van der Waals surface area contributed by atoms with Crippen LogP contribution in [0.4, 0.5) is 28.8 Å². The summed E-state index contributed by atoms with van der Waals surface area (Å²) in [6, 6.07) is 15.0. The van der Waals surface area contributed by atoms with Crippen LogP contribution in [0, 0.1) is 0 Å². The Morgan fingerprint density at radius 3 is 2.53 bits per heavy atom. The Hall–Kier alpha value is -3.08. The number of ether oxygens (including phenoxy) is 1. The van der Waals surface area contributed by atoms with Crippen LogP contribution >= 0.6 is 11.6 Å². The molecule has 9 nitrogen and oxygen atoms in total. The predicted octanol–water partition coefficient (Wildman–Crippen LogP) is 5.49. The third kappa shape index (κ3) is 8.54. The minimum absolute atomic E-state index is 0.286. The molecule has 1 heterocycles. The highest BCUT2D eigenvalue weighted by atomic mass is 35.5. The first-order valence-corrected chi connectivity index (χ1v) is 14.0. The van der Waals surface area contributed by atoms with E-state index in [0.29, 0.717) is 35.8 Å². The summed E-state index contributed by atoms with van der Waals surface area (Å²) in [5.41, 5.74) is 1.64. The SMILES string of the molecule is CCN(CCCOc1cccc(Nc2ncc(Cl)c(Nc3ccccc3NS(C)(=O)=O)n2)c1)C(C)C. The second-order valence-electron chi connectivity index (χ2n) is 8.51. The Morgan fingerprint density at radius 1 is 1.08 bits per heavy atom. The van der Waals surface area contributed by atoms with Crippen molar-refractivity contribution in [2.24, 2.45) is 0 Å². The van der Waals surface area contributed by atoms with Gasteiger partial charge in [0.05, 0.1) is 30.4 Å². The zero-order valence-corrected chi connectivity index (χ0v) is 22.5. The molecule has 11 heteroatoms. The van der Waals surface area contributed by atoms with Crippen LogP contribution in [-0.4, -0.2) is 55.3 Å². The van der Waals surface area contributed by atoms with Gasteiger partial charge in [0.25, 0.3) is 0 Å². The van der Waals surface area contributed by atoms with E-state index in [9.17, 15) is 8.42 Å².